The van der Waals surface area contributed by atoms with Gasteiger partial charge in [0.25, 0.3) is 0 Å². The van der Waals surface area contributed by atoms with Crippen molar-refractivity contribution in [1.29, 1.82) is 0 Å². The SMILES string of the molecule is CCc1nnc(NC(=O)CSc2nnc(COc3cc(C)ccc3Cl)n2CC)s1. The Kier molecular flexibility index (Phi) is 7.45. The van der Waals surface area contributed by atoms with Gasteiger partial charge >= 0.3 is 0 Å². The number of ether oxygens (including phenoxy) is 1. The Hall–Kier alpha value is -2.17. The summed E-state index contributed by atoms with van der Waals surface area (Å²) >= 11 is 8.87. The van der Waals surface area contributed by atoms with E-state index in [9.17, 15) is 4.79 Å². The Morgan fingerprint density at radius 1 is 1.28 bits per heavy atom. The van der Waals surface area contributed by atoms with Crippen LogP contribution in [0.3, 0.4) is 0 Å². The number of amides is 1. The minimum Gasteiger partial charge on any atom is -0.484 e. The third-order valence-electron chi connectivity index (χ3n) is 3.90. The van der Waals surface area contributed by atoms with Gasteiger partial charge < -0.3 is 9.30 Å². The van der Waals surface area contributed by atoms with Crippen molar-refractivity contribution in [2.24, 2.45) is 0 Å². The maximum atomic E-state index is 12.2. The molecule has 0 aliphatic heterocycles. The molecular weight excluding hydrogens is 432 g/mol. The number of hydrogen-bond acceptors (Lipinski definition) is 8. The summed E-state index contributed by atoms with van der Waals surface area (Å²) in [6.07, 6.45) is 0.792. The summed E-state index contributed by atoms with van der Waals surface area (Å²) in [5, 5.41) is 21.7. The minimum atomic E-state index is -0.163. The molecule has 2 aromatic heterocycles. The van der Waals surface area contributed by atoms with Crippen LogP contribution in [0.1, 0.15) is 30.2 Å². The van der Waals surface area contributed by atoms with E-state index in [1.54, 1.807) is 6.07 Å². The lowest BCUT2D eigenvalue weighted by Crippen LogP contribution is -2.14. The number of aryl methyl sites for hydroxylation is 2. The number of nitrogens with one attached hydrogen (secondary N) is 1. The molecule has 0 saturated carbocycles. The second-order valence-corrected chi connectivity index (χ2v) is 8.47. The summed E-state index contributed by atoms with van der Waals surface area (Å²) in [4.78, 5) is 12.2. The summed E-state index contributed by atoms with van der Waals surface area (Å²) in [6.45, 7) is 6.86. The number of carbonyl (C=O) groups is 1. The van der Waals surface area contributed by atoms with Crippen LogP contribution in [0, 0.1) is 6.92 Å². The van der Waals surface area contributed by atoms with Gasteiger partial charge in [0, 0.05) is 6.54 Å². The average Bonchev–Trinajstić information content (AvgIpc) is 3.33. The summed E-state index contributed by atoms with van der Waals surface area (Å²) in [5.41, 5.74) is 1.06. The number of rotatable bonds is 9. The summed E-state index contributed by atoms with van der Waals surface area (Å²) in [6, 6.07) is 5.61. The van der Waals surface area contributed by atoms with Crippen LogP contribution in [0.4, 0.5) is 5.13 Å². The molecule has 0 saturated heterocycles. The molecule has 3 rings (SSSR count). The van der Waals surface area contributed by atoms with E-state index in [4.69, 9.17) is 16.3 Å². The van der Waals surface area contributed by atoms with Gasteiger partial charge in [0.05, 0.1) is 10.8 Å². The largest absolute Gasteiger partial charge is 0.484 e. The second kappa shape index (κ2) is 10.0. The van der Waals surface area contributed by atoms with Crippen LogP contribution in [0.2, 0.25) is 5.02 Å². The fourth-order valence-electron chi connectivity index (χ4n) is 2.45. The third-order valence-corrected chi connectivity index (χ3v) is 6.16. The first-order valence-electron chi connectivity index (χ1n) is 9.06. The molecule has 11 heteroatoms. The number of nitrogens with zero attached hydrogens (tertiary/aromatic N) is 5. The van der Waals surface area contributed by atoms with Crippen molar-refractivity contribution in [2.75, 3.05) is 11.1 Å². The topological polar surface area (TPSA) is 94.8 Å². The van der Waals surface area contributed by atoms with Gasteiger partial charge in [-0.3, -0.25) is 10.1 Å². The van der Waals surface area contributed by atoms with Crippen LogP contribution >= 0.6 is 34.7 Å². The Labute approximate surface area is 182 Å². The zero-order chi connectivity index (χ0) is 20.8. The molecule has 0 fully saturated rings. The van der Waals surface area contributed by atoms with Crippen LogP contribution in [-0.4, -0.2) is 36.6 Å². The highest BCUT2D eigenvalue weighted by molar-refractivity contribution is 7.99. The summed E-state index contributed by atoms with van der Waals surface area (Å²) in [7, 11) is 0. The van der Waals surface area contributed by atoms with Crippen LogP contribution in [0.15, 0.2) is 23.4 Å². The van der Waals surface area contributed by atoms with Crippen molar-refractivity contribution < 1.29 is 9.53 Å². The van der Waals surface area contributed by atoms with Crippen LogP contribution in [0.5, 0.6) is 5.75 Å². The Balaban J connectivity index is 1.58. The second-order valence-electron chi connectivity index (χ2n) is 6.06. The predicted molar refractivity (Wildman–Crippen MR) is 115 cm³/mol. The molecule has 1 N–H and O–H groups in total. The summed E-state index contributed by atoms with van der Waals surface area (Å²) in [5.74, 6) is 1.31. The van der Waals surface area contributed by atoms with Crippen molar-refractivity contribution >= 4 is 45.7 Å². The highest BCUT2D eigenvalue weighted by Crippen LogP contribution is 2.26. The molecule has 0 aliphatic rings. The van der Waals surface area contributed by atoms with Gasteiger partial charge in [-0.1, -0.05) is 47.7 Å². The number of halogens is 1. The number of hydrogen-bond donors (Lipinski definition) is 1. The Morgan fingerprint density at radius 2 is 2.10 bits per heavy atom. The molecule has 1 amide bonds. The van der Waals surface area contributed by atoms with Crippen molar-refractivity contribution in [1.82, 2.24) is 25.0 Å². The van der Waals surface area contributed by atoms with E-state index < -0.39 is 0 Å². The number of aromatic nitrogens is 5. The van der Waals surface area contributed by atoms with Crippen molar-refractivity contribution in [2.45, 2.75) is 45.5 Å². The molecule has 0 unspecified atom stereocenters. The van der Waals surface area contributed by atoms with Crippen LogP contribution in [-0.2, 0) is 24.4 Å². The highest BCUT2D eigenvalue weighted by Gasteiger charge is 2.15. The molecular formula is C18H21ClN6O2S2. The van der Waals surface area contributed by atoms with Gasteiger partial charge in [0.2, 0.25) is 11.0 Å². The van der Waals surface area contributed by atoms with E-state index in [0.29, 0.717) is 33.4 Å². The van der Waals surface area contributed by atoms with Gasteiger partial charge in [0.15, 0.2) is 11.0 Å². The first-order chi connectivity index (χ1) is 14.0. The lowest BCUT2D eigenvalue weighted by atomic mass is 10.2. The number of benzene rings is 1. The maximum Gasteiger partial charge on any atom is 0.236 e. The average molecular weight is 453 g/mol. The number of carbonyl (C=O) groups excluding carboxylic acids is 1. The predicted octanol–water partition coefficient (Wildman–Crippen LogP) is 3.98. The minimum absolute atomic E-state index is 0.163. The van der Waals surface area contributed by atoms with Gasteiger partial charge in [-0.25, -0.2) is 0 Å². The molecule has 0 radical (unpaired) electrons. The maximum absolute atomic E-state index is 12.2. The zero-order valence-electron chi connectivity index (χ0n) is 16.3. The summed E-state index contributed by atoms with van der Waals surface area (Å²) < 4.78 is 7.74. The third kappa shape index (κ3) is 5.68. The molecule has 29 heavy (non-hydrogen) atoms. The van der Waals surface area contributed by atoms with E-state index >= 15 is 0 Å². The number of thioether (sulfide) groups is 1. The zero-order valence-corrected chi connectivity index (χ0v) is 18.7. The fourth-order valence-corrected chi connectivity index (χ4v) is 4.14. The Morgan fingerprint density at radius 3 is 2.83 bits per heavy atom. The van der Waals surface area contributed by atoms with E-state index in [1.807, 2.05) is 37.5 Å². The van der Waals surface area contributed by atoms with Gasteiger partial charge in [0.1, 0.15) is 17.4 Å². The smallest absolute Gasteiger partial charge is 0.236 e. The van der Waals surface area contributed by atoms with Gasteiger partial charge in [-0.05, 0) is 38.0 Å². The Bertz CT molecular complexity index is 991. The van der Waals surface area contributed by atoms with E-state index in [2.05, 4.69) is 25.7 Å². The molecule has 154 valence electrons. The van der Waals surface area contributed by atoms with Gasteiger partial charge in [-0.15, -0.1) is 20.4 Å². The lowest BCUT2D eigenvalue weighted by Gasteiger charge is -2.10. The van der Waals surface area contributed by atoms with Crippen molar-refractivity contribution in [3.63, 3.8) is 0 Å². The van der Waals surface area contributed by atoms with E-state index in [-0.39, 0.29) is 18.3 Å². The molecule has 2 heterocycles. The molecule has 8 nitrogen and oxygen atoms in total. The standard InChI is InChI=1S/C18H21ClN6O2S2/c1-4-16-22-23-17(29-16)20-15(26)10-28-18-24-21-14(25(18)5-2)9-27-13-8-11(3)6-7-12(13)19/h6-8H,4-5,9-10H2,1-3H3,(H,20,23,26). The normalized spacial score (nSPS) is 10.9. The van der Waals surface area contributed by atoms with Crippen LogP contribution < -0.4 is 10.1 Å². The quantitative estimate of drug-likeness (QED) is 0.490. The van der Waals surface area contributed by atoms with Crippen molar-refractivity contribution in [3.8, 4) is 5.75 Å². The molecule has 3 aromatic rings. The van der Waals surface area contributed by atoms with Crippen LogP contribution in [0.25, 0.3) is 0 Å². The molecule has 0 bridgehead atoms. The lowest BCUT2D eigenvalue weighted by molar-refractivity contribution is -0.113. The molecule has 0 atom stereocenters. The monoisotopic (exact) mass is 452 g/mol. The van der Waals surface area contributed by atoms with Gasteiger partial charge in [-0.2, -0.15) is 0 Å². The fraction of sp³-hybridized carbons (Fsp3) is 0.389. The molecule has 0 aliphatic carbocycles. The van der Waals surface area contributed by atoms with E-state index in [0.717, 1.165) is 17.0 Å². The molecule has 0 spiro atoms. The highest BCUT2D eigenvalue weighted by atomic mass is 35.5. The first kappa shape index (κ1) is 21.5. The first-order valence-corrected chi connectivity index (χ1v) is 11.2. The molecule has 1 aromatic carbocycles. The van der Waals surface area contributed by atoms with Crippen molar-refractivity contribution in [3.05, 3.63) is 39.6 Å². The van der Waals surface area contributed by atoms with E-state index in [1.165, 1.54) is 23.1 Å². The number of anilines is 1.